The monoisotopic (exact) mass is 374 g/mol. The molecule has 5 nitrogen and oxygen atoms in total. The molecule has 0 unspecified atom stereocenters. The third kappa shape index (κ3) is 2.99. The fourth-order valence-corrected chi connectivity index (χ4v) is 2.91. The van der Waals surface area contributed by atoms with Gasteiger partial charge >= 0.3 is 0 Å². The van der Waals surface area contributed by atoms with Crippen molar-refractivity contribution in [1.82, 2.24) is 9.80 Å². The van der Waals surface area contributed by atoms with Crippen molar-refractivity contribution in [3.63, 3.8) is 0 Å². The predicted molar refractivity (Wildman–Crippen MR) is 100 cm³/mol. The Bertz CT molecular complexity index is 906. The van der Waals surface area contributed by atoms with Gasteiger partial charge in [0.1, 0.15) is 17.1 Å². The first-order valence-corrected chi connectivity index (χ1v) is 8.27. The van der Waals surface area contributed by atoms with E-state index in [9.17, 15) is 9.59 Å². The molecule has 1 aromatic heterocycles. The van der Waals surface area contributed by atoms with Gasteiger partial charge in [0, 0.05) is 24.7 Å². The molecule has 1 aliphatic rings. The number of thiocarbonyl (C=S) groups is 1. The SMILES string of the molecule is Cc1c(Cl)cccc1-c1ccc(C=C2C(=O)N(C)C(=S)N(C)C2=O)o1. The summed E-state index contributed by atoms with van der Waals surface area (Å²) in [6, 6.07) is 9.02. The van der Waals surface area contributed by atoms with Crippen LogP contribution in [0.25, 0.3) is 17.4 Å². The van der Waals surface area contributed by atoms with Crippen LogP contribution in [0.5, 0.6) is 0 Å². The van der Waals surface area contributed by atoms with Crippen molar-refractivity contribution < 1.29 is 14.0 Å². The van der Waals surface area contributed by atoms with Gasteiger partial charge in [-0.05, 0) is 49.0 Å². The molecule has 0 spiro atoms. The summed E-state index contributed by atoms with van der Waals surface area (Å²) in [5, 5.41) is 0.810. The maximum atomic E-state index is 12.3. The summed E-state index contributed by atoms with van der Waals surface area (Å²) in [5.41, 5.74) is 1.75. The second-order valence-corrected chi connectivity index (χ2v) is 6.46. The van der Waals surface area contributed by atoms with E-state index in [1.54, 1.807) is 18.2 Å². The quantitative estimate of drug-likeness (QED) is 0.458. The van der Waals surface area contributed by atoms with Crippen molar-refractivity contribution in [1.29, 1.82) is 0 Å². The van der Waals surface area contributed by atoms with E-state index < -0.39 is 11.8 Å². The maximum Gasteiger partial charge on any atom is 0.265 e. The van der Waals surface area contributed by atoms with Crippen LogP contribution in [0.1, 0.15) is 11.3 Å². The van der Waals surface area contributed by atoms with Crippen molar-refractivity contribution in [3.8, 4) is 11.3 Å². The van der Waals surface area contributed by atoms with E-state index >= 15 is 0 Å². The molecule has 0 N–H and O–H groups in total. The first kappa shape index (κ1) is 17.4. The van der Waals surface area contributed by atoms with Crippen LogP contribution < -0.4 is 0 Å². The minimum atomic E-state index is -0.454. The molecular formula is C18H15ClN2O3S. The van der Waals surface area contributed by atoms with Crippen LogP contribution in [-0.4, -0.2) is 40.8 Å². The molecule has 3 rings (SSSR count). The summed E-state index contributed by atoms with van der Waals surface area (Å²) in [5.74, 6) is 0.107. The van der Waals surface area contributed by atoms with E-state index in [-0.39, 0.29) is 10.7 Å². The summed E-state index contributed by atoms with van der Waals surface area (Å²) in [6.45, 7) is 1.90. The second kappa shape index (κ2) is 6.46. The van der Waals surface area contributed by atoms with E-state index in [0.717, 1.165) is 11.1 Å². The number of nitrogens with zero attached hydrogens (tertiary/aromatic N) is 2. The highest BCUT2D eigenvalue weighted by Crippen LogP contribution is 2.30. The molecule has 2 aromatic rings. The Kier molecular flexibility index (Phi) is 4.49. The predicted octanol–water partition coefficient (Wildman–Crippen LogP) is 3.51. The highest BCUT2D eigenvalue weighted by atomic mass is 35.5. The number of amides is 2. The first-order valence-electron chi connectivity index (χ1n) is 7.48. The number of carbonyl (C=O) groups is 2. The Balaban J connectivity index is 1.99. The number of rotatable bonds is 2. The molecule has 1 aliphatic heterocycles. The molecule has 0 saturated carbocycles. The normalized spacial score (nSPS) is 15.2. The summed E-state index contributed by atoms with van der Waals surface area (Å²) in [4.78, 5) is 27.2. The van der Waals surface area contributed by atoms with Crippen molar-refractivity contribution >= 4 is 46.8 Å². The minimum Gasteiger partial charge on any atom is -0.457 e. The zero-order chi connectivity index (χ0) is 18.3. The number of hydrogen-bond donors (Lipinski definition) is 0. The lowest BCUT2D eigenvalue weighted by molar-refractivity contribution is -0.132. The molecule has 1 saturated heterocycles. The first-order chi connectivity index (χ1) is 11.8. The zero-order valence-corrected chi connectivity index (χ0v) is 15.4. The van der Waals surface area contributed by atoms with Gasteiger partial charge in [-0.3, -0.25) is 19.4 Å². The molecule has 2 amide bonds. The summed E-state index contributed by atoms with van der Waals surface area (Å²) in [6.07, 6.45) is 1.43. The average molecular weight is 375 g/mol. The zero-order valence-electron chi connectivity index (χ0n) is 13.9. The summed E-state index contributed by atoms with van der Waals surface area (Å²) >= 11 is 11.2. The summed E-state index contributed by atoms with van der Waals surface area (Å²) in [7, 11) is 3.06. The van der Waals surface area contributed by atoms with Crippen LogP contribution in [0.2, 0.25) is 5.02 Å². The van der Waals surface area contributed by atoms with Gasteiger partial charge in [-0.25, -0.2) is 0 Å². The topological polar surface area (TPSA) is 53.8 Å². The summed E-state index contributed by atoms with van der Waals surface area (Å²) < 4.78 is 5.79. The lowest BCUT2D eigenvalue weighted by Crippen LogP contribution is -2.52. The molecule has 2 heterocycles. The van der Waals surface area contributed by atoms with E-state index in [2.05, 4.69) is 0 Å². The van der Waals surface area contributed by atoms with Crippen LogP contribution in [0, 0.1) is 6.92 Å². The molecular weight excluding hydrogens is 360 g/mol. The molecule has 128 valence electrons. The largest absolute Gasteiger partial charge is 0.457 e. The third-order valence-corrected chi connectivity index (χ3v) is 5.05. The number of benzene rings is 1. The third-order valence-electron chi connectivity index (χ3n) is 4.09. The lowest BCUT2D eigenvalue weighted by atomic mass is 10.1. The number of hydrogen-bond acceptors (Lipinski definition) is 4. The Morgan fingerprint density at radius 2 is 1.72 bits per heavy atom. The molecule has 25 heavy (non-hydrogen) atoms. The Morgan fingerprint density at radius 1 is 1.08 bits per heavy atom. The Morgan fingerprint density at radius 3 is 2.36 bits per heavy atom. The molecule has 0 bridgehead atoms. The number of likely N-dealkylation sites (N-methyl/N-ethyl adjacent to an activating group) is 2. The Hall–Kier alpha value is -2.44. The van der Waals surface area contributed by atoms with E-state index in [1.165, 1.54) is 30.0 Å². The molecule has 1 fully saturated rings. The smallest absolute Gasteiger partial charge is 0.265 e. The second-order valence-electron chi connectivity index (χ2n) is 5.68. The van der Waals surface area contributed by atoms with Crippen molar-refractivity contribution in [3.05, 3.63) is 52.3 Å². The standard InChI is InChI=1S/C18H15ClN2O3S/c1-10-12(5-4-6-14(10)19)15-8-7-11(24-15)9-13-16(22)20(2)18(25)21(3)17(13)23/h4-9H,1-3H3. The van der Waals surface area contributed by atoms with Crippen LogP contribution in [0.15, 0.2) is 40.3 Å². The van der Waals surface area contributed by atoms with Gasteiger partial charge < -0.3 is 4.42 Å². The van der Waals surface area contributed by atoms with E-state index in [4.69, 9.17) is 28.2 Å². The van der Waals surface area contributed by atoms with Crippen LogP contribution in [-0.2, 0) is 9.59 Å². The van der Waals surface area contributed by atoms with Crippen molar-refractivity contribution in [2.24, 2.45) is 0 Å². The number of halogens is 1. The van der Waals surface area contributed by atoms with Gasteiger partial charge in [-0.2, -0.15) is 0 Å². The van der Waals surface area contributed by atoms with Crippen LogP contribution >= 0.6 is 23.8 Å². The van der Waals surface area contributed by atoms with Crippen LogP contribution in [0.3, 0.4) is 0 Å². The van der Waals surface area contributed by atoms with Gasteiger partial charge in [0.15, 0.2) is 5.11 Å². The number of furan rings is 1. The lowest BCUT2D eigenvalue weighted by Gasteiger charge is -2.31. The number of carbonyl (C=O) groups excluding carboxylic acids is 2. The molecule has 0 aliphatic carbocycles. The van der Waals surface area contributed by atoms with E-state index in [1.807, 2.05) is 19.1 Å². The molecule has 0 atom stereocenters. The maximum absolute atomic E-state index is 12.3. The van der Waals surface area contributed by atoms with E-state index in [0.29, 0.717) is 16.5 Å². The van der Waals surface area contributed by atoms with Gasteiger partial charge in [0.05, 0.1) is 0 Å². The van der Waals surface area contributed by atoms with Crippen LogP contribution in [0.4, 0.5) is 0 Å². The Labute approximate surface area is 155 Å². The molecule has 1 aromatic carbocycles. The highest BCUT2D eigenvalue weighted by molar-refractivity contribution is 7.80. The van der Waals surface area contributed by atoms with Crippen molar-refractivity contribution in [2.45, 2.75) is 6.92 Å². The fourth-order valence-electron chi connectivity index (χ4n) is 2.57. The van der Waals surface area contributed by atoms with Gasteiger partial charge in [0.2, 0.25) is 0 Å². The van der Waals surface area contributed by atoms with Gasteiger partial charge in [-0.1, -0.05) is 23.7 Å². The highest BCUT2D eigenvalue weighted by Gasteiger charge is 2.35. The van der Waals surface area contributed by atoms with Crippen molar-refractivity contribution in [2.75, 3.05) is 14.1 Å². The average Bonchev–Trinajstić information content (AvgIpc) is 3.06. The van der Waals surface area contributed by atoms with Gasteiger partial charge in [-0.15, -0.1) is 0 Å². The fraction of sp³-hybridized carbons (Fsp3) is 0.167. The van der Waals surface area contributed by atoms with Gasteiger partial charge in [0.25, 0.3) is 11.8 Å². The minimum absolute atomic E-state index is 0.00214. The molecule has 0 radical (unpaired) electrons. The molecule has 7 heteroatoms.